The molecule has 0 aromatic heterocycles. The summed E-state index contributed by atoms with van der Waals surface area (Å²) in [5.41, 5.74) is 2.57. The fourth-order valence-corrected chi connectivity index (χ4v) is 2.52. The zero-order valence-corrected chi connectivity index (χ0v) is 7.97. The van der Waals surface area contributed by atoms with E-state index in [0.717, 1.165) is 0 Å². The van der Waals surface area contributed by atoms with Crippen molar-refractivity contribution in [1.82, 2.24) is 4.90 Å². The van der Waals surface area contributed by atoms with Crippen molar-refractivity contribution in [2.24, 2.45) is 0 Å². The number of hydrogen-bond donors (Lipinski definition) is 0. The maximum atomic E-state index is 11.5. The molecule has 2 nitrogen and oxygen atoms in total. The molecule has 2 aliphatic heterocycles. The van der Waals surface area contributed by atoms with E-state index < -0.39 is 0 Å². The number of rotatable bonds is 0. The van der Waals surface area contributed by atoms with Crippen molar-refractivity contribution < 1.29 is 4.79 Å². The quantitative estimate of drug-likeness (QED) is 0.439. The Kier molecular flexibility index (Phi) is 1.40. The van der Waals surface area contributed by atoms with E-state index in [-0.39, 0.29) is 17.9 Å². The van der Waals surface area contributed by atoms with Gasteiger partial charge in [0, 0.05) is 0 Å². The van der Waals surface area contributed by atoms with Gasteiger partial charge in [-0.1, -0.05) is 36.4 Å². The Bertz CT molecular complexity index is 408. The normalized spacial score (nSPS) is 26.7. The molecule has 68 valence electrons. The van der Waals surface area contributed by atoms with Crippen molar-refractivity contribution in [3.63, 3.8) is 0 Å². The third kappa shape index (κ3) is 0.795. The van der Waals surface area contributed by atoms with Crippen LogP contribution >= 0.6 is 0 Å². The Labute approximate surface area is 83.6 Å². The summed E-state index contributed by atoms with van der Waals surface area (Å²) < 4.78 is 0. The number of nitrogens with zero attached hydrogens (tertiary/aromatic N) is 1. The van der Waals surface area contributed by atoms with Gasteiger partial charge < -0.3 is 4.90 Å². The summed E-state index contributed by atoms with van der Waals surface area (Å²) in [5, 5.41) is 0. The van der Waals surface area contributed by atoms with Crippen molar-refractivity contribution >= 4 is 13.7 Å². The van der Waals surface area contributed by atoms with Crippen LogP contribution in [0.15, 0.2) is 36.4 Å². The first kappa shape index (κ1) is 7.86. The molecule has 2 heterocycles. The van der Waals surface area contributed by atoms with E-state index in [2.05, 4.69) is 24.3 Å². The molecule has 2 aliphatic rings. The van der Waals surface area contributed by atoms with Crippen LogP contribution in [-0.4, -0.2) is 18.6 Å². The van der Waals surface area contributed by atoms with Gasteiger partial charge in [0.2, 0.25) is 7.85 Å². The van der Waals surface area contributed by atoms with Crippen LogP contribution in [0.1, 0.15) is 23.2 Å². The summed E-state index contributed by atoms with van der Waals surface area (Å²) in [6, 6.07) is 8.67. The molecule has 2 unspecified atom stereocenters. The number of amides is 1. The van der Waals surface area contributed by atoms with Gasteiger partial charge in [-0.05, 0) is 11.1 Å². The highest BCUT2D eigenvalue weighted by Gasteiger charge is 2.40. The average Bonchev–Trinajstić information content (AvgIpc) is 2.73. The maximum Gasteiger partial charge on any atom is 0.216 e. The molecule has 1 aromatic carbocycles. The van der Waals surface area contributed by atoms with Gasteiger partial charge in [0.15, 0.2) is 5.81 Å². The number of hydrogen-bond acceptors (Lipinski definition) is 1. The fourth-order valence-electron chi connectivity index (χ4n) is 2.52. The van der Waals surface area contributed by atoms with E-state index in [4.69, 9.17) is 0 Å². The molecule has 2 bridgehead atoms. The highest BCUT2D eigenvalue weighted by molar-refractivity contribution is 6.57. The van der Waals surface area contributed by atoms with Gasteiger partial charge in [0.1, 0.15) is 0 Å². The van der Waals surface area contributed by atoms with Crippen LogP contribution < -0.4 is 0 Å². The molecule has 0 spiro atoms. The van der Waals surface area contributed by atoms with E-state index in [1.54, 1.807) is 7.85 Å². The van der Waals surface area contributed by atoms with Crippen LogP contribution in [0.2, 0.25) is 0 Å². The first-order chi connectivity index (χ1) is 6.79. The van der Waals surface area contributed by atoms with E-state index >= 15 is 0 Å². The van der Waals surface area contributed by atoms with Gasteiger partial charge in [0.25, 0.3) is 0 Å². The van der Waals surface area contributed by atoms with E-state index in [0.29, 0.717) is 0 Å². The first-order valence-electron chi connectivity index (χ1n) is 4.85. The van der Waals surface area contributed by atoms with Gasteiger partial charge in [-0.2, -0.15) is 0 Å². The molecule has 1 aromatic rings. The minimum absolute atomic E-state index is 0.154. The number of benzene rings is 1. The van der Waals surface area contributed by atoms with E-state index in [1.165, 1.54) is 11.1 Å². The van der Waals surface area contributed by atoms with Crippen molar-refractivity contribution in [3.8, 4) is 0 Å². The molecule has 14 heavy (non-hydrogen) atoms. The lowest BCUT2D eigenvalue weighted by atomic mass is 9.97. The SMILES string of the molecule is BC(=O)N1C2C=CC1c1ccccc12. The lowest BCUT2D eigenvalue weighted by Crippen LogP contribution is -2.26. The highest BCUT2D eigenvalue weighted by Crippen LogP contribution is 2.47. The molecule has 0 fully saturated rings. The smallest absolute Gasteiger partial charge is 0.216 e. The summed E-state index contributed by atoms with van der Waals surface area (Å²) in [4.78, 5) is 13.4. The molecule has 1 amide bonds. The fraction of sp³-hybridized carbons (Fsp3) is 0.182. The predicted octanol–water partition coefficient (Wildman–Crippen LogP) is 1.41. The largest absolute Gasteiger partial charge is 0.331 e. The first-order valence-corrected chi connectivity index (χ1v) is 4.85. The second kappa shape index (κ2) is 2.50. The lowest BCUT2D eigenvalue weighted by molar-refractivity contribution is 0.212. The van der Waals surface area contributed by atoms with Crippen LogP contribution in [0.4, 0.5) is 4.79 Å². The third-order valence-electron chi connectivity index (χ3n) is 3.07. The van der Waals surface area contributed by atoms with Crippen molar-refractivity contribution in [2.75, 3.05) is 0 Å². The Morgan fingerprint density at radius 3 is 2.07 bits per heavy atom. The molecule has 2 atom stereocenters. The predicted molar refractivity (Wildman–Crippen MR) is 56.8 cm³/mol. The van der Waals surface area contributed by atoms with Crippen LogP contribution in [0.25, 0.3) is 0 Å². The zero-order valence-electron chi connectivity index (χ0n) is 7.97. The van der Waals surface area contributed by atoms with Gasteiger partial charge in [0.05, 0.1) is 12.1 Å². The molecule has 3 rings (SSSR count). The topological polar surface area (TPSA) is 20.3 Å². The summed E-state index contributed by atoms with van der Waals surface area (Å²) in [6.45, 7) is 0. The van der Waals surface area contributed by atoms with Crippen molar-refractivity contribution in [1.29, 1.82) is 0 Å². The molecular formula is C11H10BNO. The zero-order chi connectivity index (χ0) is 9.71. The minimum atomic E-state index is 0.154. The van der Waals surface area contributed by atoms with E-state index in [9.17, 15) is 4.79 Å². The van der Waals surface area contributed by atoms with Gasteiger partial charge in [-0.25, -0.2) is 0 Å². The number of carbonyl (C=O) groups excluding carboxylic acids is 1. The summed E-state index contributed by atoms with van der Waals surface area (Å²) in [7, 11) is 1.64. The molecule has 3 heteroatoms. The Morgan fingerprint density at radius 1 is 1.14 bits per heavy atom. The van der Waals surface area contributed by atoms with Crippen molar-refractivity contribution in [2.45, 2.75) is 12.1 Å². The van der Waals surface area contributed by atoms with Crippen molar-refractivity contribution in [3.05, 3.63) is 47.5 Å². The van der Waals surface area contributed by atoms with Gasteiger partial charge in [-0.3, -0.25) is 4.79 Å². The highest BCUT2D eigenvalue weighted by atomic mass is 16.2. The summed E-state index contributed by atoms with van der Waals surface area (Å²) in [5.74, 6) is 0.154. The molecule has 0 radical (unpaired) electrons. The number of carbonyl (C=O) groups is 1. The van der Waals surface area contributed by atoms with Crippen LogP contribution in [0, 0.1) is 0 Å². The number of fused-ring (bicyclic) bond motifs is 5. The van der Waals surface area contributed by atoms with Crippen LogP contribution in [0.5, 0.6) is 0 Å². The molecule has 0 saturated heterocycles. The van der Waals surface area contributed by atoms with E-state index in [1.807, 2.05) is 17.0 Å². The standard InChI is InChI=1S/C11H10BNO/c12-11(14)13-9-5-6-10(13)8-4-2-1-3-7(8)9/h1-6,9-10H,12H2. The molecule has 0 saturated carbocycles. The summed E-state index contributed by atoms with van der Waals surface area (Å²) in [6.07, 6.45) is 4.24. The molecule has 0 aliphatic carbocycles. The third-order valence-corrected chi connectivity index (χ3v) is 3.07. The van der Waals surface area contributed by atoms with Crippen LogP contribution in [-0.2, 0) is 0 Å². The molecular weight excluding hydrogens is 173 g/mol. The summed E-state index contributed by atoms with van der Waals surface area (Å²) >= 11 is 0. The second-order valence-corrected chi connectivity index (χ2v) is 3.83. The van der Waals surface area contributed by atoms with Gasteiger partial charge in [-0.15, -0.1) is 0 Å². The average molecular weight is 183 g/mol. The lowest BCUT2D eigenvalue weighted by Gasteiger charge is -2.20. The minimum Gasteiger partial charge on any atom is -0.331 e. The monoisotopic (exact) mass is 183 g/mol. The molecule has 0 N–H and O–H groups in total. The van der Waals surface area contributed by atoms with Crippen LogP contribution in [0.3, 0.4) is 0 Å². The maximum absolute atomic E-state index is 11.5. The van der Waals surface area contributed by atoms with Gasteiger partial charge >= 0.3 is 0 Å². The Balaban J connectivity index is 2.15. The Hall–Kier alpha value is -1.51. The Morgan fingerprint density at radius 2 is 1.64 bits per heavy atom. The second-order valence-electron chi connectivity index (χ2n) is 3.83.